The molecular formula is C22H17ClFNO3S. The molecule has 29 heavy (non-hydrogen) atoms. The second kappa shape index (κ2) is 9.03. The molecule has 7 heteroatoms. The van der Waals surface area contributed by atoms with E-state index in [1.165, 1.54) is 36.7 Å². The van der Waals surface area contributed by atoms with Crippen molar-refractivity contribution in [2.75, 3.05) is 12.4 Å². The summed E-state index contributed by atoms with van der Waals surface area (Å²) in [6.07, 6.45) is 3.02. The Balaban J connectivity index is 1.91. The van der Waals surface area contributed by atoms with Gasteiger partial charge in [-0.25, -0.2) is 9.18 Å². The Morgan fingerprint density at radius 3 is 2.38 bits per heavy atom. The first-order valence-electron chi connectivity index (χ1n) is 8.61. The van der Waals surface area contributed by atoms with Gasteiger partial charge in [0.05, 0.1) is 7.11 Å². The normalized spacial score (nSPS) is 10.9. The fourth-order valence-corrected chi connectivity index (χ4v) is 3.99. The molecule has 0 saturated heterocycles. The maximum absolute atomic E-state index is 13.3. The van der Waals surface area contributed by atoms with Crippen molar-refractivity contribution >= 4 is 45.9 Å². The lowest BCUT2D eigenvalue weighted by Crippen LogP contribution is -2.11. The van der Waals surface area contributed by atoms with Crippen molar-refractivity contribution in [2.24, 2.45) is 0 Å². The molecule has 1 amide bonds. The Labute approximate surface area is 176 Å². The summed E-state index contributed by atoms with van der Waals surface area (Å²) in [6, 6.07) is 12.8. The zero-order valence-electron chi connectivity index (χ0n) is 15.7. The van der Waals surface area contributed by atoms with Gasteiger partial charge in [-0.15, -0.1) is 11.3 Å². The molecule has 0 unspecified atom stereocenters. The number of halogens is 2. The molecule has 2 aromatic carbocycles. The maximum Gasteiger partial charge on any atom is 0.341 e. The third-order valence-electron chi connectivity index (χ3n) is 4.14. The van der Waals surface area contributed by atoms with E-state index >= 15 is 0 Å². The zero-order chi connectivity index (χ0) is 21.0. The number of ether oxygens (including phenoxy) is 1. The molecule has 0 spiro atoms. The van der Waals surface area contributed by atoms with E-state index in [0.717, 1.165) is 10.4 Å². The van der Waals surface area contributed by atoms with Crippen molar-refractivity contribution in [1.29, 1.82) is 0 Å². The van der Waals surface area contributed by atoms with Gasteiger partial charge in [-0.2, -0.15) is 0 Å². The number of rotatable bonds is 5. The van der Waals surface area contributed by atoms with Crippen LogP contribution >= 0.6 is 22.9 Å². The molecule has 0 saturated carbocycles. The fraction of sp³-hybridized carbons (Fsp3) is 0.0909. The number of esters is 1. The highest BCUT2D eigenvalue weighted by Gasteiger charge is 2.24. The van der Waals surface area contributed by atoms with Crippen LogP contribution in [-0.4, -0.2) is 19.0 Å². The highest BCUT2D eigenvalue weighted by molar-refractivity contribution is 7.17. The van der Waals surface area contributed by atoms with Gasteiger partial charge in [0.1, 0.15) is 16.4 Å². The molecule has 1 N–H and O–H groups in total. The lowest BCUT2D eigenvalue weighted by atomic mass is 10.0. The van der Waals surface area contributed by atoms with E-state index < -0.39 is 11.9 Å². The third kappa shape index (κ3) is 4.91. The average Bonchev–Trinajstić information content (AvgIpc) is 3.03. The Hall–Kier alpha value is -2.96. The van der Waals surface area contributed by atoms with Gasteiger partial charge >= 0.3 is 5.97 Å². The number of hydrogen-bond donors (Lipinski definition) is 1. The number of hydrogen-bond acceptors (Lipinski definition) is 4. The van der Waals surface area contributed by atoms with E-state index in [4.69, 9.17) is 16.3 Å². The summed E-state index contributed by atoms with van der Waals surface area (Å²) in [5.41, 5.74) is 2.33. The Morgan fingerprint density at radius 2 is 1.76 bits per heavy atom. The predicted molar refractivity (Wildman–Crippen MR) is 115 cm³/mol. The van der Waals surface area contributed by atoms with Crippen LogP contribution in [0.3, 0.4) is 0 Å². The molecule has 0 aliphatic carbocycles. The van der Waals surface area contributed by atoms with Crippen LogP contribution in [-0.2, 0) is 9.53 Å². The quantitative estimate of drug-likeness (QED) is 0.402. The summed E-state index contributed by atoms with van der Waals surface area (Å²) in [7, 11) is 1.27. The number of thiophene rings is 1. The standard InChI is InChI=1S/C22H17ClFNO3S/c1-13-19(15-6-10-17(24)11-7-15)20(22(27)28-2)21(29-13)25-18(26)12-5-14-3-8-16(23)9-4-14/h3-12H,1-2H3,(H,25,26). The average molecular weight is 430 g/mol. The number of carbonyl (C=O) groups is 2. The molecule has 0 atom stereocenters. The van der Waals surface area contributed by atoms with Gasteiger partial charge in [0, 0.05) is 21.5 Å². The number of nitrogens with one attached hydrogen (secondary N) is 1. The number of benzene rings is 2. The van der Waals surface area contributed by atoms with Crippen LogP contribution in [0.25, 0.3) is 17.2 Å². The first-order chi connectivity index (χ1) is 13.9. The summed E-state index contributed by atoms with van der Waals surface area (Å²) in [6.45, 7) is 1.83. The topological polar surface area (TPSA) is 55.4 Å². The van der Waals surface area contributed by atoms with Crippen LogP contribution in [0, 0.1) is 12.7 Å². The maximum atomic E-state index is 13.3. The molecule has 4 nitrogen and oxygen atoms in total. The third-order valence-corrected chi connectivity index (χ3v) is 5.41. The number of carbonyl (C=O) groups excluding carboxylic acids is 2. The van der Waals surface area contributed by atoms with Gasteiger partial charge < -0.3 is 10.1 Å². The lowest BCUT2D eigenvalue weighted by Gasteiger charge is -2.07. The van der Waals surface area contributed by atoms with Gasteiger partial charge in [0.25, 0.3) is 0 Å². The molecule has 1 aromatic heterocycles. The Kier molecular flexibility index (Phi) is 6.46. The first kappa shape index (κ1) is 20.8. The zero-order valence-corrected chi connectivity index (χ0v) is 17.2. The van der Waals surface area contributed by atoms with E-state index in [1.807, 2.05) is 6.92 Å². The SMILES string of the molecule is COC(=O)c1c(NC(=O)C=Cc2ccc(Cl)cc2)sc(C)c1-c1ccc(F)cc1. The monoisotopic (exact) mass is 429 g/mol. The molecule has 0 aliphatic rings. The van der Waals surface area contributed by atoms with Crippen molar-refractivity contribution in [3.63, 3.8) is 0 Å². The molecule has 1 heterocycles. The molecular weight excluding hydrogens is 413 g/mol. The molecule has 0 radical (unpaired) electrons. The summed E-state index contributed by atoms with van der Waals surface area (Å²) in [4.78, 5) is 25.6. The van der Waals surface area contributed by atoms with Gasteiger partial charge in [-0.3, -0.25) is 4.79 Å². The highest BCUT2D eigenvalue weighted by atomic mass is 35.5. The van der Waals surface area contributed by atoms with Crippen LogP contribution in [0.5, 0.6) is 0 Å². The number of amides is 1. The van der Waals surface area contributed by atoms with E-state index in [0.29, 0.717) is 21.2 Å². The second-order valence-corrected chi connectivity index (χ2v) is 7.77. The minimum absolute atomic E-state index is 0.245. The minimum atomic E-state index is -0.578. The predicted octanol–water partition coefficient (Wildman–Crippen LogP) is 5.95. The van der Waals surface area contributed by atoms with Crippen molar-refractivity contribution in [1.82, 2.24) is 0 Å². The summed E-state index contributed by atoms with van der Waals surface area (Å²) >= 11 is 7.11. The van der Waals surface area contributed by atoms with E-state index in [9.17, 15) is 14.0 Å². The van der Waals surface area contributed by atoms with Crippen LogP contribution in [0.1, 0.15) is 20.8 Å². The van der Waals surface area contributed by atoms with Crippen molar-refractivity contribution in [3.8, 4) is 11.1 Å². The summed E-state index contributed by atoms with van der Waals surface area (Å²) in [5.74, 6) is -1.34. The van der Waals surface area contributed by atoms with E-state index in [-0.39, 0.29) is 11.4 Å². The van der Waals surface area contributed by atoms with Gasteiger partial charge in [0.2, 0.25) is 5.91 Å². The van der Waals surface area contributed by atoms with Crippen LogP contribution in [0.4, 0.5) is 9.39 Å². The highest BCUT2D eigenvalue weighted by Crippen LogP contribution is 2.40. The Bertz CT molecular complexity index is 1070. The van der Waals surface area contributed by atoms with Crippen molar-refractivity contribution in [2.45, 2.75) is 6.92 Å². The van der Waals surface area contributed by atoms with Gasteiger partial charge in [-0.05, 0) is 48.4 Å². The molecule has 3 rings (SSSR count). The molecule has 0 aliphatic heterocycles. The minimum Gasteiger partial charge on any atom is -0.465 e. The van der Waals surface area contributed by atoms with Crippen molar-refractivity contribution in [3.05, 3.63) is 81.5 Å². The van der Waals surface area contributed by atoms with E-state index in [1.54, 1.807) is 42.5 Å². The molecule has 0 fully saturated rings. The van der Waals surface area contributed by atoms with Gasteiger partial charge in [-0.1, -0.05) is 35.9 Å². The number of methoxy groups -OCH3 is 1. The first-order valence-corrected chi connectivity index (χ1v) is 9.80. The number of anilines is 1. The van der Waals surface area contributed by atoms with Crippen LogP contribution in [0.15, 0.2) is 54.6 Å². The Morgan fingerprint density at radius 1 is 1.10 bits per heavy atom. The van der Waals surface area contributed by atoms with E-state index in [2.05, 4.69) is 5.32 Å². The summed E-state index contributed by atoms with van der Waals surface area (Å²) < 4.78 is 18.2. The molecule has 0 bridgehead atoms. The van der Waals surface area contributed by atoms with Crippen molar-refractivity contribution < 1.29 is 18.7 Å². The smallest absolute Gasteiger partial charge is 0.341 e. The molecule has 3 aromatic rings. The largest absolute Gasteiger partial charge is 0.465 e. The lowest BCUT2D eigenvalue weighted by molar-refractivity contribution is -0.111. The summed E-state index contributed by atoms with van der Waals surface area (Å²) in [5, 5.41) is 3.72. The van der Waals surface area contributed by atoms with Crippen LogP contribution < -0.4 is 5.32 Å². The second-order valence-electron chi connectivity index (χ2n) is 6.11. The van der Waals surface area contributed by atoms with Crippen LogP contribution in [0.2, 0.25) is 5.02 Å². The fourth-order valence-electron chi connectivity index (χ4n) is 2.79. The van der Waals surface area contributed by atoms with Gasteiger partial charge in [0.15, 0.2) is 0 Å². The molecule has 148 valence electrons. The number of aryl methyl sites for hydroxylation is 1.